The summed E-state index contributed by atoms with van der Waals surface area (Å²) in [5.74, 6) is -0.428. The molecule has 1 atom stereocenters. The van der Waals surface area contributed by atoms with Crippen LogP contribution in [-0.4, -0.2) is 38.2 Å². The molecule has 6 nitrogen and oxygen atoms in total. The van der Waals surface area contributed by atoms with E-state index >= 15 is 0 Å². The number of rotatable bonds is 2. The van der Waals surface area contributed by atoms with Crippen molar-refractivity contribution in [2.75, 3.05) is 6.54 Å². The van der Waals surface area contributed by atoms with E-state index in [2.05, 4.69) is 9.97 Å². The second kappa shape index (κ2) is 6.38. The number of phenols is 1. The lowest BCUT2D eigenvalue weighted by Crippen LogP contribution is -2.36. The average Bonchev–Trinajstić information content (AvgIpc) is 3.16. The van der Waals surface area contributed by atoms with Gasteiger partial charge in [-0.25, -0.2) is 14.2 Å². The maximum Gasteiger partial charge on any atom is 0.410 e. The first-order valence-electron chi connectivity index (χ1n) is 8.28. The monoisotopic (exact) mass is 347 g/mol. The van der Waals surface area contributed by atoms with Gasteiger partial charge in [-0.3, -0.25) is 4.90 Å². The van der Waals surface area contributed by atoms with Gasteiger partial charge in [-0.1, -0.05) is 0 Å². The number of nitrogens with zero attached hydrogens (tertiary/aromatic N) is 2. The van der Waals surface area contributed by atoms with Crippen LogP contribution >= 0.6 is 0 Å². The maximum atomic E-state index is 13.2. The second-order valence-electron chi connectivity index (χ2n) is 7.18. The Morgan fingerprint density at radius 3 is 2.88 bits per heavy atom. The Kier molecular flexibility index (Phi) is 4.41. The molecule has 1 saturated heterocycles. The van der Waals surface area contributed by atoms with Crippen molar-refractivity contribution >= 4 is 6.09 Å². The van der Waals surface area contributed by atoms with Gasteiger partial charge in [0, 0.05) is 12.1 Å². The summed E-state index contributed by atoms with van der Waals surface area (Å²) in [7, 11) is 0. The van der Waals surface area contributed by atoms with Crippen LogP contribution in [0.2, 0.25) is 0 Å². The van der Waals surface area contributed by atoms with Crippen LogP contribution < -0.4 is 0 Å². The quantitative estimate of drug-likeness (QED) is 0.861. The number of halogens is 1. The number of ether oxygens (including phenoxy) is 1. The molecular weight excluding hydrogens is 325 g/mol. The summed E-state index contributed by atoms with van der Waals surface area (Å²) in [5, 5.41) is 9.52. The number of carbonyl (C=O) groups excluding carboxylic acids is 1. The Bertz CT molecular complexity index is 782. The Morgan fingerprint density at radius 2 is 2.20 bits per heavy atom. The molecule has 1 fully saturated rings. The number of imidazole rings is 1. The number of nitrogens with one attached hydrogen (secondary N) is 1. The highest BCUT2D eigenvalue weighted by Crippen LogP contribution is 2.33. The molecule has 1 amide bonds. The summed E-state index contributed by atoms with van der Waals surface area (Å²) < 4.78 is 18.7. The van der Waals surface area contributed by atoms with Crippen molar-refractivity contribution in [1.29, 1.82) is 0 Å². The Hall–Kier alpha value is -2.57. The van der Waals surface area contributed by atoms with E-state index in [0.29, 0.717) is 23.6 Å². The van der Waals surface area contributed by atoms with Crippen LogP contribution in [-0.2, 0) is 4.74 Å². The standard InChI is InChI=1S/C18H22FN3O3/c1-18(2,3)25-17(24)22-8-4-5-14(22)16-20-10-13(21-16)11-6-7-12(19)15(23)9-11/h6-7,9-10,14,23H,4-5,8H2,1-3H3,(H,20,21)/t14-/m0/s1. The number of likely N-dealkylation sites (tertiary alicyclic amines) is 1. The molecule has 1 aliphatic rings. The normalized spacial score (nSPS) is 17.8. The Morgan fingerprint density at radius 1 is 1.44 bits per heavy atom. The van der Waals surface area contributed by atoms with E-state index in [1.807, 2.05) is 20.8 Å². The van der Waals surface area contributed by atoms with E-state index in [1.165, 1.54) is 12.1 Å². The van der Waals surface area contributed by atoms with Crippen molar-refractivity contribution in [2.24, 2.45) is 0 Å². The number of aromatic amines is 1. The van der Waals surface area contributed by atoms with Crippen LogP contribution in [0, 0.1) is 5.82 Å². The molecule has 0 radical (unpaired) electrons. The molecule has 0 saturated carbocycles. The number of amides is 1. The molecule has 7 heteroatoms. The third-order valence-corrected chi connectivity index (χ3v) is 4.05. The number of hydrogen-bond acceptors (Lipinski definition) is 4. The van der Waals surface area contributed by atoms with Crippen LogP contribution in [0.1, 0.15) is 45.5 Å². The van der Waals surface area contributed by atoms with Crippen molar-refractivity contribution in [3.63, 3.8) is 0 Å². The molecular formula is C18H22FN3O3. The number of H-pyrrole nitrogens is 1. The molecule has 1 aliphatic heterocycles. The minimum Gasteiger partial charge on any atom is -0.505 e. The van der Waals surface area contributed by atoms with Gasteiger partial charge in [-0.2, -0.15) is 0 Å². The highest BCUT2D eigenvalue weighted by atomic mass is 19.1. The van der Waals surface area contributed by atoms with E-state index in [-0.39, 0.29) is 12.1 Å². The third-order valence-electron chi connectivity index (χ3n) is 4.05. The zero-order valence-electron chi connectivity index (χ0n) is 14.5. The van der Waals surface area contributed by atoms with Gasteiger partial charge in [0.2, 0.25) is 0 Å². The zero-order chi connectivity index (χ0) is 18.2. The first-order valence-corrected chi connectivity index (χ1v) is 8.28. The van der Waals surface area contributed by atoms with E-state index in [9.17, 15) is 14.3 Å². The molecule has 25 heavy (non-hydrogen) atoms. The number of phenolic OH excluding ortho intramolecular Hbond substituents is 1. The van der Waals surface area contributed by atoms with Gasteiger partial charge in [0.1, 0.15) is 11.4 Å². The molecule has 1 aromatic carbocycles. The van der Waals surface area contributed by atoms with Gasteiger partial charge in [0.05, 0.1) is 17.9 Å². The molecule has 2 heterocycles. The highest BCUT2D eigenvalue weighted by Gasteiger charge is 2.34. The van der Waals surface area contributed by atoms with Crippen LogP contribution in [0.3, 0.4) is 0 Å². The van der Waals surface area contributed by atoms with E-state index in [1.54, 1.807) is 17.2 Å². The van der Waals surface area contributed by atoms with Crippen molar-refractivity contribution in [1.82, 2.24) is 14.9 Å². The lowest BCUT2D eigenvalue weighted by Gasteiger charge is -2.27. The first-order chi connectivity index (χ1) is 11.7. The first kappa shape index (κ1) is 17.3. The van der Waals surface area contributed by atoms with Gasteiger partial charge >= 0.3 is 6.09 Å². The van der Waals surface area contributed by atoms with Gasteiger partial charge in [-0.15, -0.1) is 0 Å². The Labute approximate surface area is 145 Å². The molecule has 134 valence electrons. The lowest BCUT2D eigenvalue weighted by molar-refractivity contribution is 0.0218. The predicted octanol–water partition coefficient (Wildman–Crippen LogP) is 3.99. The van der Waals surface area contributed by atoms with Gasteiger partial charge in [-0.05, 0) is 51.8 Å². The van der Waals surface area contributed by atoms with Gasteiger partial charge < -0.3 is 14.8 Å². The third kappa shape index (κ3) is 3.75. The molecule has 3 rings (SSSR count). The molecule has 2 N–H and O–H groups in total. The summed E-state index contributed by atoms with van der Waals surface area (Å²) in [6.07, 6.45) is 2.93. The van der Waals surface area contributed by atoms with Crippen molar-refractivity contribution in [3.8, 4) is 17.0 Å². The minimum atomic E-state index is -0.671. The largest absolute Gasteiger partial charge is 0.505 e. The molecule has 2 aromatic rings. The van der Waals surface area contributed by atoms with E-state index in [0.717, 1.165) is 12.8 Å². The molecule has 0 spiro atoms. The lowest BCUT2D eigenvalue weighted by atomic mass is 10.1. The number of benzene rings is 1. The number of hydrogen-bond donors (Lipinski definition) is 2. The zero-order valence-corrected chi connectivity index (χ0v) is 14.5. The Balaban J connectivity index is 1.81. The molecule has 0 unspecified atom stereocenters. The van der Waals surface area contributed by atoms with Crippen LogP contribution in [0.4, 0.5) is 9.18 Å². The predicted molar refractivity (Wildman–Crippen MR) is 90.6 cm³/mol. The smallest absolute Gasteiger partial charge is 0.410 e. The average molecular weight is 347 g/mol. The number of aromatic nitrogens is 2. The summed E-state index contributed by atoms with van der Waals surface area (Å²) in [6, 6.07) is 3.92. The second-order valence-corrected chi connectivity index (χ2v) is 7.18. The fourth-order valence-corrected chi connectivity index (χ4v) is 2.92. The topological polar surface area (TPSA) is 78.4 Å². The molecule has 0 aliphatic carbocycles. The van der Waals surface area contributed by atoms with E-state index in [4.69, 9.17) is 4.74 Å². The fourth-order valence-electron chi connectivity index (χ4n) is 2.92. The van der Waals surface area contributed by atoms with Gasteiger partial charge in [0.25, 0.3) is 0 Å². The summed E-state index contributed by atoms with van der Waals surface area (Å²) in [5.41, 5.74) is 0.727. The van der Waals surface area contributed by atoms with Crippen LogP contribution in [0.5, 0.6) is 5.75 Å². The number of aromatic hydroxyl groups is 1. The number of carbonyl (C=O) groups is 1. The highest BCUT2D eigenvalue weighted by molar-refractivity contribution is 5.69. The van der Waals surface area contributed by atoms with Crippen molar-refractivity contribution in [3.05, 3.63) is 36.0 Å². The van der Waals surface area contributed by atoms with Gasteiger partial charge in [0.15, 0.2) is 11.6 Å². The SMILES string of the molecule is CC(C)(C)OC(=O)N1CCC[C@H]1c1ncc(-c2ccc(F)c(O)c2)[nH]1. The summed E-state index contributed by atoms with van der Waals surface area (Å²) in [4.78, 5) is 21.6. The summed E-state index contributed by atoms with van der Waals surface area (Å²) in [6.45, 7) is 6.12. The fraction of sp³-hybridized carbons (Fsp3) is 0.444. The van der Waals surface area contributed by atoms with Crippen molar-refractivity contribution in [2.45, 2.75) is 45.3 Å². The maximum absolute atomic E-state index is 13.2. The van der Waals surface area contributed by atoms with Crippen LogP contribution in [0.15, 0.2) is 24.4 Å². The van der Waals surface area contributed by atoms with Crippen LogP contribution in [0.25, 0.3) is 11.3 Å². The minimum absolute atomic E-state index is 0.183. The summed E-state index contributed by atoms with van der Waals surface area (Å²) >= 11 is 0. The molecule has 0 bridgehead atoms. The van der Waals surface area contributed by atoms with E-state index < -0.39 is 17.2 Å². The molecule has 1 aromatic heterocycles. The van der Waals surface area contributed by atoms with Crippen molar-refractivity contribution < 1.29 is 19.0 Å².